The van der Waals surface area contributed by atoms with E-state index >= 15 is 0 Å². The second kappa shape index (κ2) is 7.05. The number of carbonyl (C=O) groups is 2. The number of hydrogen-bond acceptors (Lipinski definition) is 3. The van der Waals surface area contributed by atoms with E-state index in [0.717, 1.165) is 26.1 Å². The summed E-state index contributed by atoms with van der Waals surface area (Å²) < 4.78 is 0. The third-order valence-electron chi connectivity index (χ3n) is 3.45. The molecule has 2 rings (SSSR count). The molecule has 5 heteroatoms. The highest BCUT2D eigenvalue weighted by Gasteiger charge is 2.23. The van der Waals surface area contributed by atoms with Crippen molar-refractivity contribution in [3.05, 3.63) is 35.9 Å². The van der Waals surface area contributed by atoms with Gasteiger partial charge in [0.2, 0.25) is 5.91 Å². The first-order valence-electron chi connectivity index (χ1n) is 6.91. The van der Waals surface area contributed by atoms with Gasteiger partial charge in [0.05, 0.1) is 6.42 Å². The Balaban J connectivity index is 1.72. The molecule has 1 fully saturated rings. The number of rotatable bonds is 6. The van der Waals surface area contributed by atoms with Gasteiger partial charge in [-0.2, -0.15) is 0 Å². The first kappa shape index (κ1) is 14.5. The average molecular weight is 276 g/mol. The van der Waals surface area contributed by atoms with Gasteiger partial charge in [0.1, 0.15) is 0 Å². The van der Waals surface area contributed by atoms with Crippen LogP contribution in [0.3, 0.4) is 0 Å². The van der Waals surface area contributed by atoms with Crippen LogP contribution >= 0.6 is 0 Å². The van der Waals surface area contributed by atoms with E-state index in [4.69, 9.17) is 5.11 Å². The van der Waals surface area contributed by atoms with Gasteiger partial charge in [0.25, 0.3) is 0 Å². The zero-order chi connectivity index (χ0) is 14.4. The molecule has 0 aliphatic carbocycles. The summed E-state index contributed by atoms with van der Waals surface area (Å²) in [6, 6.07) is 10.4. The van der Waals surface area contributed by atoms with E-state index in [9.17, 15) is 9.59 Å². The van der Waals surface area contributed by atoms with Gasteiger partial charge in [0.15, 0.2) is 0 Å². The highest BCUT2D eigenvalue weighted by atomic mass is 16.4. The molecule has 0 bridgehead atoms. The number of nitrogens with one attached hydrogen (secondary N) is 1. The number of likely N-dealkylation sites (tertiary alicyclic amines) is 1. The second-order valence-electron chi connectivity index (χ2n) is 5.17. The summed E-state index contributed by atoms with van der Waals surface area (Å²) >= 11 is 0. The zero-order valence-corrected chi connectivity index (χ0v) is 11.4. The fraction of sp³-hybridized carbons (Fsp3) is 0.467. The molecule has 2 N–H and O–H groups in total. The van der Waals surface area contributed by atoms with Crippen LogP contribution in [0, 0.1) is 0 Å². The number of carboxylic acids is 1. The maximum Gasteiger partial charge on any atom is 0.303 e. The third kappa shape index (κ3) is 4.66. The lowest BCUT2D eigenvalue weighted by Crippen LogP contribution is -2.37. The molecule has 20 heavy (non-hydrogen) atoms. The van der Waals surface area contributed by atoms with Crippen molar-refractivity contribution >= 4 is 11.9 Å². The number of benzene rings is 1. The van der Waals surface area contributed by atoms with Crippen LogP contribution in [0.15, 0.2) is 30.3 Å². The predicted octanol–water partition coefficient (Wildman–Crippen LogP) is 1.24. The Morgan fingerprint density at radius 3 is 2.70 bits per heavy atom. The van der Waals surface area contributed by atoms with Gasteiger partial charge < -0.3 is 10.4 Å². The normalized spacial score (nSPS) is 18.9. The van der Waals surface area contributed by atoms with Crippen molar-refractivity contribution in [1.29, 1.82) is 0 Å². The smallest absolute Gasteiger partial charge is 0.303 e. The minimum atomic E-state index is -0.933. The molecular weight excluding hydrogens is 256 g/mol. The molecule has 1 amide bonds. The maximum absolute atomic E-state index is 11.6. The molecule has 1 unspecified atom stereocenters. The number of carbonyl (C=O) groups excluding carboxylic acids is 1. The van der Waals surface area contributed by atoms with Crippen molar-refractivity contribution in [2.45, 2.75) is 31.8 Å². The Morgan fingerprint density at radius 1 is 1.25 bits per heavy atom. The van der Waals surface area contributed by atoms with Crippen LogP contribution in [0.25, 0.3) is 0 Å². The zero-order valence-electron chi connectivity index (χ0n) is 11.4. The lowest BCUT2D eigenvalue weighted by atomic mass is 10.2. The Bertz CT molecular complexity index is 461. The summed E-state index contributed by atoms with van der Waals surface area (Å²) in [5.74, 6) is -1.10. The molecule has 1 atom stereocenters. The minimum Gasteiger partial charge on any atom is -0.481 e. The number of amides is 1. The molecule has 0 saturated carbocycles. The molecule has 0 radical (unpaired) electrons. The van der Waals surface area contributed by atoms with E-state index in [1.54, 1.807) is 0 Å². The largest absolute Gasteiger partial charge is 0.481 e. The monoisotopic (exact) mass is 276 g/mol. The van der Waals surface area contributed by atoms with Crippen molar-refractivity contribution in [3.63, 3.8) is 0 Å². The van der Waals surface area contributed by atoms with E-state index in [1.807, 2.05) is 18.2 Å². The Labute approximate surface area is 118 Å². The van der Waals surface area contributed by atoms with Crippen LogP contribution in [0.2, 0.25) is 0 Å². The van der Waals surface area contributed by atoms with E-state index < -0.39 is 5.97 Å². The van der Waals surface area contributed by atoms with Gasteiger partial charge in [-0.1, -0.05) is 30.3 Å². The SMILES string of the molecule is O=C(O)CCC(=O)NC1CCN(Cc2ccccc2)C1. The van der Waals surface area contributed by atoms with Crippen molar-refractivity contribution in [1.82, 2.24) is 10.2 Å². The van der Waals surface area contributed by atoms with Crippen LogP contribution in [0.5, 0.6) is 0 Å². The molecule has 1 aliphatic rings. The van der Waals surface area contributed by atoms with Gasteiger partial charge in [-0.15, -0.1) is 0 Å². The standard InChI is InChI=1S/C15H20N2O3/c18-14(6-7-15(19)20)16-13-8-9-17(11-13)10-12-4-2-1-3-5-12/h1-5,13H,6-11H2,(H,16,18)(H,19,20). The topological polar surface area (TPSA) is 69.6 Å². The summed E-state index contributed by atoms with van der Waals surface area (Å²) in [6.07, 6.45) is 0.877. The second-order valence-corrected chi connectivity index (χ2v) is 5.17. The maximum atomic E-state index is 11.6. The van der Waals surface area contributed by atoms with Gasteiger partial charge in [0, 0.05) is 32.1 Å². The summed E-state index contributed by atoms with van der Waals surface area (Å²) in [5, 5.41) is 11.4. The molecular formula is C15H20N2O3. The van der Waals surface area contributed by atoms with Crippen molar-refractivity contribution in [2.24, 2.45) is 0 Å². The van der Waals surface area contributed by atoms with E-state index in [2.05, 4.69) is 22.3 Å². The van der Waals surface area contributed by atoms with Crippen molar-refractivity contribution in [3.8, 4) is 0 Å². The molecule has 5 nitrogen and oxygen atoms in total. The van der Waals surface area contributed by atoms with Gasteiger partial charge >= 0.3 is 5.97 Å². The first-order chi connectivity index (χ1) is 9.63. The van der Waals surface area contributed by atoms with Crippen LogP contribution in [-0.4, -0.2) is 41.0 Å². The van der Waals surface area contributed by atoms with Crippen LogP contribution in [0.4, 0.5) is 0 Å². The summed E-state index contributed by atoms with van der Waals surface area (Å²) in [6.45, 7) is 2.68. The van der Waals surface area contributed by atoms with Crippen LogP contribution in [-0.2, 0) is 16.1 Å². The van der Waals surface area contributed by atoms with Crippen molar-refractivity contribution < 1.29 is 14.7 Å². The number of nitrogens with zero attached hydrogens (tertiary/aromatic N) is 1. The molecule has 108 valence electrons. The fourth-order valence-electron chi connectivity index (χ4n) is 2.46. The average Bonchev–Trinajstić information content (AvgIpc) is 2.85. The molecule has 1 saturated heterocycles. The Hall–Kier alpha value is -1.88. The summed E-state index contributed by atoms with van der Waals surface area (Å²) in [4.78, 5) is 24.3. The predicted molar refractivity (Wildman–Crippen MR) is 75.1 cm³/mol. The van der Waals surface area contributed by atoms with E-state index in [0.29, 0.717) is 0 Å². The molecule has 1 aromatic rings. The van der Waals surface area contributed by atoms with Gasteiger partial charge in [-0.25, -0.2) is 0 Å². The van der Waals surface area contributed by atoms with Crippen LogP contribution < -0.4 is 5.32 Å². The fourth-order valence-corrected chi connectivity index (χ4v) is 2.46. The summed E-state index contributed by atoms with van der Waals surface area (Å²) in [5.41, 5.74) is 1.27. The Kier molecular flexibility index (Phi) is 5.12. The van der Waals surface area contributed by atoms with Crippen LogP contribution in [0.1, 0.15) is 24.8 Å². The number of aliphatic carboxylic acids is 1. The molecule has 1 heterocycles. The highest BCUT2D eigenvalue weighted by Crippen LogP contribution is 2.13. The molecule has 1 aliphatic heterocycles. The highest BCUT2D eigenvalue weighted by molar-refractivity contribution is 5.80. The van der Waals surface area contributed by atoms with Gasteiger partial charge in [-0.3, -0.25) is 14.5 Å². The lowest BCUT2D eigenvalue weighted by molar-refractivity contribution is -0.138. The van der Waals surface area contributed by atoms with Gasteiger partial charge in [-0.05, 0) is 12.0 Å². The van der Waals surface area contributed by atoms with E-state index in [1.165, 1.54) is 5.56 Å². The quantitative estimate of drug-likeness (QED) is 0.820. The Morgan fingerprint density at radius 2 is 2.00 bits per heavy atom. The van der Waals surface area contributed by atoms with E-state index in [-0.39, 0.29) is 24.8 Å². The number of carboxylic acid groups (broad SMARTS) is 1. The third-order valence-corrected chi connectivity index (χ3v) is 3.45. The number of hydrogen-bond donors (Lipinski definition) is 2. The minimum absolute atomic E-state index is 0.0600. The lowest BCUT2D eigenvalue weighted by Gasteiger charge is -2.16. The molecule has 0 spiro atoms. The van der Waals surface area contributed by atoms with Crippen molar-refractivity contribution in [2.75, 3.05) is 13.1 Å². The molecule has 0 aromatic heterocycles. The summed E-state index contributed by atoms with van der Waals surface area (Å²) in [7, 11) is 0. The first-order valence-corrected chi connectivity index (χ1v) is 6.91. The molecule has 1 aromatic carbocycles.